The number of hydrogen-bond acceptors (Lipinski definition) is 6. The average Bonchev–Trinajstić information content (AvgIpc) is 3.10. The van der Waals surface area contributed by atoms with Gasteiger partial charge in [0.25, 0.3) is 5.91 Å². The van der Waals surface area contributed by atoms with Crippen LogP contribution >= 0.6 is 0 Å². The lowest BCUT2D eigenvalue weighted by atomic mass is 10.00. The molecule has 2 atom stereocenters. The van der Waals surface area contributed by atoms with Crippen molar-refractivity contribution in [3.05, 3.63) is 138 Å². The summed E-state index contributed by atoms with van der Waals surface area (Å²) in [5.74, 6) is -1.46. The zero-order valence-corrected chi connectivity index (χ0v) is 25.8. The van der Waals surface area contributed by atoms with Crippen molar-refractivity contribution in [1.29, 1.82) is 0 Å². The summed E-state index contributed by atoms with van der Waals surface area (Å²) in [7, 11) is 1.58. The number of ether oxygens (including phenoxy) is 2. The van der Waals surface area contributed by atoms with Crippen LogP contribution in [0.15, 0.2) is 115 Å². The number of Topliss-reactive ketones (excluding diaryl/α,β-unsaturated/α-hetero) is 1. The van der Waals surface area contributed by atoms with Gasteiger partial charge in [-0.05, 0) is 53.6 Å². The van der Waals surface area contributed by atoms with Gasteiger partial charge in [-0.1, -0.05) is 103 Å². The van der Waals surface area contributed by atoms with Gasteiger partial charge in [0.1, 0.15) is 18.4 Å². The maximum Gasteiger partial charge on any atom is 0.408 e. The van der Waals surface area contributed by atoms with Crippen molar-refractivity contribution in [3.63, 3.8) is 0 Å². The van der Waals surface area contributed by atoms with Gasteiger partial charge in [-0.3, -0.25) is 14.4 Å². The zero-order chi connectivity index (χ0) is 32.6. The van der Waals surface area contributed by atoms with Crippen molar-refractivity contribution in [2.24, 2.45) is 0 Å². The highest BCUT2D eigenvalue weighted by molar-refractivity contribution is 6.38. The average molecular weight is 622 g/mol. The highest BCUT2D eigenvalue weighted by Crippen LogP contribution is 2.14. The molecule has 0 aliphatic heterocycles. The molecule has 0 bridgehead atoms. The van der Waals surface area contributed by atoms with Crippen molar-refractivity contribution in [2.75, 3.05) is 13.7 Å². The molecule has 0 aromatic heterocycles. The number of benzene rings is 4. The van der Waals surface area contributed by atoms with Gasteiger partial charge in [0, 0.05) is 13.0 Å². The monoisotopic (exact) mass is 621 g/mol. The van der Waals surface area contributed by atoms with Crippen molar-refractivity contribution in [1.82, 2.24) is 16.0 Å². The number of hydrogen-bond donors (Lipinski definition) is 3. The molecule has 0 saturated carbocycles. The smallest absolute Gasteiger partial charge is 0.408 e. The summed E-state index contributed by atoms with van der Waals surface area (Å²) in [6.07, 6.45) is 0.500. The summed E-state index contributed by atoms with van der Waals surface area (Å²) in [6, 6.07) is 33.1. The first-order valence-electron chi connectivity index (χ1n) is 15.2. The van der Waals surface area contributed by atoms with Crippen LogP contribution < -0.4 is 20.7 Å². The molecule has 238 valence electrons. The van der Waals surface area contributed by atoms with Gasteiger partial charge in [0.05, 0.1) is 13.2 Å². The van der Waals surface area contributed by atoms with Gasteiger partial charge in [-0.15, -0.1) is 0 Å². The van der Waals surface area contributed by atoms with E-state index in [0.717, 1.165) is 22.3 Å². The SMILES string of the molecule is COc1ccc(CCC(NC(=O)[C@H](Cc2ccccc2)NC(=O)OCc2ccccc2)C(=O)C(=O)NCCc2ccccc2)cc1. The van der Waals surface area contributed by atoms with Crippen LogP contribution in [0.4, 0.5) is 4.79 Å². The predicted molar refractivity (Wildman–Crippen MR) is 175 cm³/mol. The Labute approximate surface area is 269 Å². The molecule has 0 aliphatic carbocycles. The standard InChI is InChI=1S/C37H39N3O6/c1-45-31-20-17-28(18-21-31)19-22-32(34(41)36(43)38-24-23-27-11-5-2-6-12-27)39-35(42)33(25-29-13-7-3-8-14-29)40-37(44)46-26-30-15-9-4-10-16-30/h2-18,20-21,32-33H,19,22-26H2,1H3,(H,38,43)(H,39,42)(H,40,44)/t32?,33-/m0/s1. The molecular formula is C37H39N3O6. The first kappa shape index (κ1) is 33.5. The van der Waals surface area contributed by atoms with Gasteiger partial charge in [-0.25, -0.2) is 4.79 Å². The molecule has 46 heavy (non-hydrogen) atoms. The Morgan fingerprint density at radius 3 is 1.80 bits per heavy atom. The van der Waals surface area contributed by atoms with Crippen molar-refractivity contribution < 1.29 is 28.7 Å². The molecule has 0 radical (unpaired) electrons. The molecular weight excluding hydrogens is 582 g/mol. The Balaban J connectivity index is 1.46. The summed E-state index contributed by atoms with van der Waals surface area (Å²) in [5.41, 5.74) is 3.52. The molecule has 4 rings (SSSR count). The summed E-state index contributed by atoms with van der Waals surface area (Å²) in [6.45, 7) is 0.289. The quantitative estimate of drug-likeness (QED) is 0.158. The third kappa shape index (κ3) is 10.9. The van der Waals surface area contributed by atoms with Gasteiger partial charge in [0.15, 0.2) is 0 Å². The summed E-state index contributed by atoms with van der Waals surface area (Å²) >= 11 is 0. The van der Waals surface area contributed by atoms with E-state index in [0.29, 0.717) is 18.6 Å². The van der Waals surface area contributed by atoms with Crippen LogP contribution in [-0.4, -0.2) is 49.4 Å². The minimum absolute atomic E-state index is 0.0263. The van der Waals surface area contributed by atoms with Crippen LogP contribution in [0.2, 0.25) is 0 Å². The van der Waals surface area contributed by atoms with E-state index in [9.17, 15) is 19.2 Å². The van der Waals surface area contributed by atoms with Gasteiger partial charge < -0.3 is 25.4 Å². The van der Waals surface area contributed by atoms with Crippen LogP contribution in [0.1, 0.15) is 28.7 Å². The second-order valence-electron chi connectivity index (χ2n) is 10.8. The lowest BCUT2D eigenvalue weighted by molar-refractivity contribution is -0.140. The van der Waals surface area contributed by atoms with Gasteiger partial charge in [-0.2, -0.15) is 0 Å². The van der Waals surface area contributed by atoms with E-state index in [-0.39, 0.29) is 26.0 Å². The Morgan fingerprint density at radius 1 is 0.630 bits per heavy atom. The lowest BCUT2D eigenvalue weighted by Crippen LogP contribution is -2.54. The van der Waals surface area contributed by atoms with Crippen LogP contribution in [-0.2, 0) is 45.0 Å². The minimum Gasteiger partial charge on any atom is -0.497 e. The molecule has 0 fully saturated rings. The lowest BCUT2D eigenvalue weighted by Gasteiger charge is -2.23. The van der Waals surface area contributed by atoms with E-state index in [2.05, 4.69) is 16.0 Å². The van der Waals surface area contributed by atoms with E-state index in [1.807, 2.05) is 115 Å². The van der Waals surface area contributed by atoms with Crippen molar-refractivity contribution in [2.45, 2.75) is 44.4 Å². The highest BCUT2D eigenvalue weighted by atomic mass is 16.5. The minimum atomic E-state index is -1.13. The number of ketones is 1. The molecule has 9 nitrogen and oxygen atoms in total. The number of nitrogens with one attached hydrogen (secondary N) is 3. The Kier molecular flexibility index (Phi) is 12.9. The number of carbonyl (C=O) groups excluding carboxylic acids is 4. The molecule has 3 amide bonds. The number of carbonyl (C=O) groups is 4. The molecule has 3 N–H and O–H groups in total. The van der Waals surface area contributed by atoms with Crippen LogP contribution in [0.3, 0.4) is 0 Å². The number of rotatable bonds is 16. The maximum absolute atomic E-state index is 13.7. The van der Waals surface area contributed by atoms with Gasteiger partial charge >= 0.3 is 6.09 Å². The third-order valence-electron chi connectivity index (χ3n) is 7.38. The Bertz CT molecular complexity index is 1550. The second kappa shape index (κ2) is 17.8. The molecule has 9 heteroatoms. The molecule has 0 aliphatic rings. The predicted octanol–water partition coefficient (Wildman–Crippen LogP) is 4.58. The number of methoxy groups -OCH3 is 1. The summed E-state index contributed by atoms with van der Waals surface area (Å²) < 4.78 is 10.6. The van der Waals surface area contributed by atoms with Crippen LogP contribution in [0.25, 0.3) is 0 Å². The first-order chi connectivity index (χ1) is 22.4. The van der Waals surface area contributed by atoms with E-state index in [1.165, 1.54) is 0 Å². The topological polar surface area (TPSA) is 123 Å². The summed E-state index contributed by atoms with van der Waals surface area (Å²) in [5, 5.41) is 8.09. The van der Waals surface area contributed by atoms with Gasteiger partial charge in [0.2, 0.25) is 11.7 Å². The molecule has 0 heterocycles. The Morgan fingerprint density at radius 2 is 1.20 bits per heavy atom. The normalized spacial score (nSPS) is 11.8. The first-order valence-corrected chi connectivity index (χ1v) is 15.2. The van der Waals surface area contributed by atoms with Crippen LogP contribution in [0, 0.1) is 0 Å². The van der Waals surface area contributed by atoms with Crippen molar-refractivity contribution in [3.8, 4) is 5.75 Å². The van der Waals surface area contributed by atoms with Crippen LogP contribution in [0.5, 0.6) is 5.75 Å². The fourth-order valence-electron chi connectivity index (χ4n) is 4.82. The fraction of sp³-hybridized carbons (Fsp3) is 0.243. The number of aryl methyl sites for hydroxylation is 1. The van der Waals surface area contributed by atoms with E-state index >= 15 is 0 Å². The number of amides is 3. The number of alkyl carbamates (subject to hydrolysis) is 1. The van der Waals surface area contributed by atoms with E-state index < -0.39 is 35.8 Å². The zero-order valence-electron chi connectivity index (χ0n) is 25.8. The Hall–Kier alpha value is -5.44. The molecule has 0 spiro atoms. The van der Waals surface area contributed by atoms with Crippen molar-refractivity contribution >= 4 is 23.7 Å². The third-order valence-corrected chi connectivity index (χ3v) is 7.38. The largest absolute Gasteiger partial charge is 0.497 e. The molecule has 1 unspecified atom stereocenters. The maximum atomic E-state index is 13.7. The molecule has 4 aromatic carbocycles. The van der Waals surface area contributed by atoms with E-state index in [1.54, 1.807) is 7.11 Å². The second-order valence-corrected chi connectivity index (χ2v) is 10.8. The molecule has 0 saturated heterocycles. The highest BCUT2D eigenvalue weighted by Gasteiger charge is 2.30. The van der Waals surface area contributed by atoms with E-state index in [4.69, 9.17) is 9.47 Å². The summed E-state index contributed by atoms with van der Waals surface area (Å²) in [4.78, 5) is 52.9. The molecule has 4 aromatic rings. The fourth-order valence-corrected chi connectivity index (χ4v) is 4.82.